The maximum atomic E-state index is 13.4. The highest BCUT2D eigenvalue weighted by atomic mass is 16.2. The van der Waals surface area contributed by atoms with Gasteiger partial charge in [0.25, 0.3) is 5.91 Å². The minimum Gasteiger partial charge on any atom is -0.335 e. The molecule has 1 aliphatic heterocycles. The summed E-state index contributed by atoms with van der Waals surface area (Å²) in [6.45, 7) is 5.22. The molecule has 7 nitrogen and oxygen atoms in total. The molecule has 3 N–H and O–H groups in total. The molecule has 1 amide bonds. The van der Waals surface area contributed by atoms with Gasteiger partial charge in [0.2, 0.25) is 0 Å². The summed E-state index contributed by atoms with van der Waals surface area (Å²) < 4.78 is 0. The molecule has 0 radical (unpaired) electrons. The van der Waals surface area contributed by atoms with E-state index in [4.69, 9.17) is 4.98 Å². The number of aryl methyl sites for hydroxylation is 1. The second-order valence-corrected chi connectivity index (χ2v) is 8.23. The van der Waals surface area contributed by atoms with Crippen LogP contribution in [0, 0.1) is 0 Å². The van der Waals surface area contributed by atoms with Crippen LogP contribution in [0.1, 0.15) is 53.8 Å². The third kappa shape index (κ3) is 3.65. The number of aromatic amines is 1. The molecule has 3 heterocycles. The van der Waals surface area contributed by atoms with Gasteiger partial charge < -0.3 is 15.5 Å². The number of nitrogens with zero attached hydrogens (tertiary/aromatic N) is 3. The molecule has 0 spiro atoms. The van der Waals surface area contributed by atoms with Gasteiger partial charge in [0.05, 0.1) is 0 Å². The molecule has 2 fully saturated rings. The molecule has 0 atom stereocenters. The number of aromatic nitrogens is 3. The summed E-state index contributed by atoms with van der Waals surface area (Å²) in [6, 6.07) is 10.3. The Morgan fingerprint density at radius 1 is 1.20 bits per heavy atom. The van der Waals surface area contributed by atoms with Crippen LogP contribution >= 0.6 is 0 Å². The van der Waals surface area contributed by atoms with E-state index < -0.39 is 0 Å². The Labute approximate surface area is 176 Å². The van der Waals surface area contributed by atoms with E-state index in [1.807, 2.05) is 17.0 Å². The molecule has 7 heteroatoms. The highest BCUT2D eigenvalue weighted by Crippen LogP contribution is 2.40. The van der Waals surface area contributed by atoms with Crippen LogP contribution in [0.25, 0.3) is 10.8 Å². The van der Waals surface area contributed by atoms with Crippen molar-refractivity contribution in [2.75, 3.05) is 31.5 Å². The lowest BCUT2D eigenvalue weighted by atomic mass is 9.99. The van der Waals surface area contributed by atoms with E-state index in [-0.39, 0.29) is 5.91 Å². The first kappa shape index (κ1) is 19.1. The number of pyridine rings is 1. The van der Waals surface area contributed by atoms with E-state index in [1.54, 1.807) is 0 Å². The smallest absolute Gasteiger partial charge is 0.272 e. The number of H-pyrrole nitrogens is 1. The molecule has 3 aromatic rings. The average Bonchev–Trinajstić information content (AvgIpc) is 3.54. The first-order chi connectivity index (χ1) is 14.7. The van der Waals surface area contributed by atoms with E-state index in [0.717, 1.165) is 48.1 Å². The zero-order valence-corrected chi connectivity index (χ0v) is 17.4. The van der Waals surface area contributed by atoms with Gasteiger partial charge in [-0.3, -0.25) is 9.89 Å². The summed E-state index contributed by atoms with van der Waals surface area (Å²) in [5.41, 5.74) is 2.78. The molecule has 2 aliphatic rings. The second kappa shape index (κ2) is 8.07. The van der Waals surface area contributed by atoms with Gasteiger partial charge >= 0.3 is 0 Å². The van der Waals surface area contributed by atoms with Crippen molar-refractivity contribution in [3.63, 3.8) is 0 Å². The number of nitrogens with one attached hydrogen (secondary N) is 3. The Morgan fingerprint density at radius 3 is 2.70 bits per heavy atom. The number of amides is 1. The number of carbonyl (C=O) groups excluding carboxylic acids is 1. The van der Waals surface area contributed by atoms with Crippen molar-refractivity contribution < 1.29 is 4.79 Å². The first-order valence-electron chi connectivity index (χ1n) is 11.0. The van der Waals surface area contributed by atoms with Gasteiger partial charge in [-0.1, -0.05) is 37.6 Å². The molecular formula is C23H28N6O. The van der Waals surface area contributed by atoms with Gasteiger partial charge in [-0.05, 0) is 30.2 Å². The molecule has 1 aromatic carbocycles. The average molecular weight is 405 g/mol. The van der Waals surface area contributed by atoms with Crippen LogP contribution in [0.2, 0.25) is 0 Å². The predicted octanol–water partition coefficient (Wildman–Crippen LogP) is 3.58. The van der Waals surface area contributed by atoms with Crippen molar-refractivity contribution in [1.82, 2.24) is 25.4 Å². The Morgan fingerprint density at radius 2 is 1.97 bits per heavy atom. The topological polar surface area (TPSA) is 85.9 Å². The molecule has 156 valence electrons. The molecule has 1 aliphatic carbocycles. The maximum absolute atomic E-state index is 13.4. The summed E-state index contributed by atoms with van der Waals surface area (Å²) in [6.07, 6.45) is 4.23. The highest BCUT2D eigenvalue weighted by Gasteiger charge is 2.27. The highest BCUT2D eigenvalue weighted by molar-refractivity contribution is 6.03. The summed E-state index contributed by atoms with van der Waals surface area (Å²) in [4.78, 5) is 20.2. The van der Waals surface area contributed by atoms with Crippen molar-refractivity contribution in [1.29, 1.82) is 0 Å². The molecule has 2 aromatic heterocycles. The fourth-order valence-electron chi connectivity index (χ4n) is 4.24. The molecule has 1 saturated carbocycles. The zero-order valence-electron chi connectivity index (χ0n) is 17.4. The fourth-order valence-corrected chi connectivity index (χ4v) is 4.24. The summed E-state index contributed by atoms with van der Waals surface area (Å²) >= 11 is 0. The van der Waals surface area contributed by atoms with E-state index in [0.29, 0.717) is 30.5 Å². The van der Waals surface area contributed by atoms with Crippen LogP contribution in [0.15, 0.2) is 30.3 Å². The van der Waals surface area contributed by atoms with Crippen LogP contribution < -0.4 is 10.6 Å². The van der Waals surface area contributed by atoms with Crippen LogP contribution in [0.5, 0.6) is 0 Å². The Kier molecular flexibility index (Phi) is 5.12. The molecular weight excluding hydrogens is 376 g/mol. The van der Waals surface area contributed by atoms with E-state index in [9.17, 15) is 4.79 Å². The maximum Gasteiger partial charge on any atom is 0.272 e. The zero-order chi connectivity index (χ0) is 20.5. The van der Waals surface area contributed by atoms with Gasteiger partial charge in [-0.2, -0.15) is 5.10 Å². The number of carbonyl (C=O) groups is 1. The SMILES string of the molecule is CCCc1c(C(=O)N2CCNCC2)nc(Nc2cc(C3CC3)[nH]n2)c2ccccc12. The van der Waals surface area contributed by atoms with E-state index in [2.05, 4.69) is 46.0 Å². The minimum absolute atomic E-state index is 0.0226. The monoisotopic (exact) mass is 404 g/mol. The summed E-state index contributed by atoms with van der Waals surface area (Å²) in [7, 11) is 0. The second-order valence-electron chi connectivity index (χ2n) is 8.23. The summed E-state index contributed by atoms with van der Waals surface area (Å²) in [5.74, 6) is 2.07. The Hall–Kier alpha value is -2.93. The number of rotatable bonds is 6. The lowest BCUT2D eigenvalue weighted by Crippen LogP contribution is -2.46. The van der Waals surface area contributed by atoms with Crippen LogP contribution in [-0.4, -0.2) is 52.2 Å². The van der Waals surface area contributed by atoms with Crippen LogP contribution in [0.4, 0.5) is 11.6 Å². The lowest BCUT2D eigenvalue weighted by molar-refractivity contribution is 0.0729. The molecule has 30 heavy (non-hydrogen) atoms. The standard InChI is InChI=1S/C23H28N6O/c1-2-5-17-16-6-3-4-7-18(16)22(25-20-14-19(27-28-20)15-8-9-15)26-21(17)23(30)29-12-10-24-11-13-29/h3-4,6-7,14-15,24H,2,5,8-13H2,1H3,(H2,25,26,27,28). The minimum atomic E-state index is 0.0226. The number of hydrogen-bond donors (Lipinski definition) is 3. The van der Waals surface area contributed by atoms with Gasteiger partial charge in [0.1, 0.15) is 11.5 Å². The van der Waals surface area contributed by atoms with E-state index in [1.165, 1.54) is 18.5 Å². The number of fused-ring (bicyclic) bond motifs is 1. The van der Waals surface area contributed by atoms with Crippen molar-refractivity contribution in [2.24, 2.45) is 0 Å². The van der Waals surface area contributed by atoms with Crippen molar-refractivity contribution in [3.05, 3.63) is 47.3 Å². The molecule has 0 bridgehead atoms. The number of hydrogen-bond acceptors (Lipinski definition) is 5. The van der Waals surface area contributed by atoms with Gasteiger partial charge in [0, 0.05) is 49.2 Å². The van der Waals surface area contributed by atoms with Crippen molar-refractivity contribution in [2.45, 2.75) is 38.5 Å². The fraction of sp³-hybridized carbons (Fsp3) is 0.435. The third-order valence-corrected chi connectivity index (χ3v) is 5.98. The normalized spacial score (nSPS) is 16.8. The molecule has 0 unspecified atom stereocenters. The number of benzene rings is 1. The predicted molar refractivity (Wildman–Crippen MR) is 118 cm³/mol. The quantitative estimate of drug-likeness (QED) is 0.585. The third-order valence-electron chi connectivity index (χ3n) is 5.98. The van der Waals surface area contributed by atoms with Crippen LogP contribution in [-0.2, 0) is 6.42 Å². The molecule has 1 saturated heterocycles. The largest absolute Gasteiger partial charge is 0.335 e. The summed E-state index contributed by atoms with van der Waals surface area (Å²) in [5, 5.41) is 16.4. The van der Waals surface area contributed by atoms with E-state index >= 15 is 0 Å². The lowest BCUT2D eigenvalue weighted by Gasteiger charge is -2.28. The van der Waals surface area contributed by atoms with Gasteiger partial charge in [-0.25, -0.2) is 4.98 Å². The Bertz CT molecular complexity index is 1060. The molecule has 5 rings (SSSR count). The first-order valence-corrected chi connectivity index (χ1v) is 11.0. The number of piperazine rings is 1. The number of anilines is 2. The van der Waals surface area contributed by atoms with Crippen molar-refractivity contribution in [3.8, 4) is 0 Å². The Balaban J connectivity index is 1.58. The van der Waals surface area contributed by atoms with Gasteiger partial charge in [0.15, 0.2) is 5.82 Å². The van der Waals surface area contributed by atoms with Crippen LogP contribution in [0.3, 0.4) is 0 Å². The van der Waals surface area contributed by atoms with Gasteiger partial charge in [-0.15, -0.1) is 0 Å². The van der Waals surface area contributed by atoms with Crippen molar-refractivity contribution >= 4 is 28.3 Å².